The van der Waals surface area contributed by atoms with Crippen molar-refractivity contribution < 1.29 is 23.8 Å². The number of carbonyl (C=O) groups excluding carboxylic acids is 1. The molecule has 2 aromatic rings. The van der Waals surface area contributed by atoms with Gasteiger partial charge in [0.05, 0.1) is 19.3 Å². The second-order valence-electron chi connectivity index (χ2n) is 4.43. The van der Waals surface area contributed by atoms with Crippen LogP contribution in [0.15, 0.2) is 42.5 Å². The topological polar surface area (TPSA) is 55.8 Å². The molecule has 0 atom stereocenters. The molecule has 0 bridgehead atoms. The van der Waals surface area contributed by atoms with Crippen LogP contribution in [0.5, 0.6) is 5.75 Å². The maximum atomic E-state index is 13.3. The van der Waals surface area contributed by atoms with E-state index in [-0.39, 0.29) is 13.2 Å². The Balaban J connectivity index is 2.03. The number of hydrogen-bond acceptors (Lipinski definition) is 4. The van der Waals surface area contributed by atoms with Crippen LogP contribution in [0, 0.1) is 5.82 Å². The van der Waals surface area contributed by atoms with Crippen LogP contribution in [0.25, 0.3) is 0 Å². The van der Waals surface area contributed by atoms with Crippen molar-refractivity contribution in [3.05, 3.63) is 65.0 Å². The van der Waals surface area contributed by atoms with Crippen LogP contribution < -0.4 is 4.74 Å². The summed E-state index contributed by atoms with van der Waals surface area (Å²) in [5.41, 5.74) is 1.73. The van der Waals surface area contributed by atoms with Gasteiger partial charge in [0.1, 0.15) is 18.2 Å². The van der Waals surface area contributed by atoms with Crippen molar-refractivity contribution in [3.63, 3.8) is 0 Å². The molecule has 0 aliphatic carbocycles. The molecule has 2 aromatic carbocycles. The van der Waals surface area contributed by atoms with E-state index in [4.69, 9.17) is 9.84 Å². The van der Waals surface area contributed by atoms with Gasteiger partial charge in [-0.15, -0.1) is 0 Å². The standard InChI is InChI=1S/C16H15FO4/c1-20-16(19)13-4-2-11(3-5-13)10-21-15-7-12(9-18)6-14(17)8-15/h2-8,18H,9-10H2,1H3. The van der Waals surface area contributed by atoms with E-state index in [0.717, 1.165) is 5.56 Å². The lowest BCUT2D eigenvalue weighted by atomic mass is 10.1. The van der Waals surface area contributed by atoms with Gasteiger partial charge in [-0.2, -0.15) is 0 Å². The Morgan fingerprint density at radius 3 is 2.48 bits per heavy atom. The molecule has 4 nitrogen and oxygen atoms in total. The van der Waals surface area contributed by atoms with E-state index in [1.807, 2.05) is 0 Å². The number of benzene rings is 2. The van der Waals surface area contributed by atoms with Gasteiger partial charge in [-0.05, 0) is 35.4 Å². The number of esters is 1. The number of aliphatic hydroxyl groups excluding tert-OH is 1. The van der Waals surface area contributed by atoms with Crippen molar-refractivity contribution in [2.45, 2.75) is 13.2 Å². The molecule has 0 fully saturated rings. The number of methoxy groups -OCH3 is 1. The lowest BCUT2D eigenvalue weighted by Gasteiger charge is -2.08. The van der Waals surface area contributed by atoms with Gasteiger partial charge >= 0.3 is 5.97 Å². The highest BCUT2D eigenvalue weighted by Gasteiger charge is 2.05. The third-order valence-corrected chi connectivity index (χ3v) is 2.89. The molecule has 0 aliphatic rings. The normalized spacial score (nSPS) is 10.2. The first kappa shape index (κ1) is 15.0. The molecule has 21 heavy (non-hydrogen) atoms. The molecular weight excluding hydrogens is 275 g/mol. The quantitative estimate of drug-likeness (QED) is 0.860. The fourth-order valence-electron chi connectivity index (χ4n) is 1.82. The molecule has 0 saturated carbocycles. The second-order valence-corrected chi connectivity index (χ2v) is 4.43. The molecule has 0 aliphatic heterocycles. The minimum absolute atomic E-state index is 0.232. The van der Waals surface area contributed by atoms with E-state index in [2.05, 4.69) is 4.74 Å². The molecule has 2 rings (SSSR count). The number of hydrogen-bond donors (Lipinski definition) is 1. The monoisotopic (exact) mass is 290 g/mol. The van der Waals surface area contributed by atoms with Gasteiger partial charge in [0, 0.05) is 6.07 Å². The lowest BCUT2D eigenvalue weighted by molar-refractivity contribution is 0.0600. The zero-order valence-corrected chi connectivity index (χ0v) is 11.5. The molecule has 0 saturated heterocycles. The van der Waals surface area contributed by atoms with Crippen LogP contribution in [-0.2, 0) is 18.0 Å². The molecule has 110 valence electrons. The van der Waals surface area contributed by atoms with Crippen LogP contribution in [0.4, 0.5) is 4.39 Å². The summed E-state index contributed by atoms with van der Waals surface area (Å²) in [5, 5.41) is 9.01. The highest BCUT2D eigenvalue weighted by Crippen LogP contribution is 2.18. The lowest BCUT2D eigenvalue weighted by Crippen LogP contribution is -2.02. The smallest absolute Gasteiger partial charge is 0.337 e. The van der Waals surface area contributed by atoms with Gasteiger partial charge in [-0.25, -0.2) is 9.18 Å². The van der Waals surface area contributed by atoms with E-state index < -0.39 is 11.8 Å². The van der Waals surface area contributed by atoms with Gasteiger partial charge in [0.15, 0.2) is 0 Å². The molecule has 1 N–H and O–H groups in total. The van der Waals surface area contributed by atoms with Crippen molar-refractivity contribution in [3.8, 4) is 5.75 Å². The molecule has 0 spiro atoms. The average Bonchev–Trinajstić information content (AvgIpc) is 2.52. The van der Waals surface area contributed by atoms with Gasteiger partial charge in [-0.3, -0.25) is 0 Å². The first-order valence-electron chi connectivity index (χ1n) is 6.33. The van der Waals surface area contributed by atoms with Crippen molar-refractivity contribution in [1.29, 1.82) is 0 Å². The number of rotatable bonds is 5. The fraction of sp³-hybridized carbons (Fsp3) is 0.188. The van der Waals surface area contributed by atoms with E-state index in [1.165, 1.54) is 19.2 Å². The Kier molecular flexibility index (Phi) is 4.90. The Bertz CT molecular complexity index is 623. The summed E-state index contributed by atoms with van der Waals surface area (Å²) in [6.45, 7) is -0.0161. The molecule has 5 heteroatoms. The minimum Gasteiger partial charge on any atom is -0.489 e. The third-order valence-electron chi connectivity index (χ3n) is 2.89. The molecule has 0 radical (unpaired) electrons. The first-order valence-corrected chi connectivity index (χ1v) is 6.33. The van der Waals surface area contributed by atoms with Crippen molar-refractivity contribution in [2.75, 3.05) is 7.11 Å². The van der Waals surface area contributed by atoms with Gasteiger partial charge in [0.25, 0.3) is 0 Å². The molecule has 0 unspecified atom stereocenters. The van der Waals surface area contributed by atoms with Crippen molar-refractivity contribution in [2.24, 2.45) is 0 Å². The van der Waals surface area contributed by atoms with E-state index in [9.17, 15) is 9.18 Å². The fourth-order valence-corrected chi connectivity index (χ4v) is 1.82. The van der Waals surface area contributed by atoms with E-state index >= 15 is 0 Å². The molecule has 0 heterocycles. The summed E-state index contributed by atoms with van der Waals surface area (Å²) in [4.78, 5) is 11.3. The van der Waals surface area contributed by atoms with Crippen molar-refractivity contribution in [1.82, 2.24) is 0 Å². The summed E-state index contributed by atoms with van der Waals surface area (Å²) in [7, 11) is 1.32. The SMILES string of the molecule is COC(=O)c1ccc(COc2cc(F)cc(CO)c2)cc1. The van der Waals surface area contributed by atoms with Gasteiger partial charge in [-0.1, -0.05) is 12.1 Å². The highest BCUT2D eigenvalue weighted by molar-refractivity contribution is 5.89. The summed E-state index contributed by atoms with van der Waals surface area (Å²) in [5.74, 6) is -0.520. The van der Waals surface area contributed by atoms with Crippen LogP contribution in [0.3, 0.4) is 0 Å². The largest absolute Gasteiger partial charge is 0.489 e. The minimum atomic E-state index is -0.461. The van der Waals surface area contributed by atoms with Gasteiger partial charge in [0.2, 0.25) is 0 Å². The van der Waals surface area contributed by atoms with E-state index in [1.54, 1.807) is 30.3 Å². The third kappa shape index (κ3) is 4.03. The Morgan fingerprint density at radius 1 is 1.14 bits per heavy atom. The van der Waals surface area contributed by atoms with Crippen molar-refractivity contribution >= 4 is 5.97 Å². The highest BCUT2D eigenvalue weighted by atomic mass is 19.1. The predicted octanol–water partition coefficient (Wildman–Crippen LogP) is 2.68. The maximum absolute atomic E-state index is 13.3. The van der Waals surface area contributed by atoms with E-state index in [0.29, 0.717) is 16.9 Å². The van der Waals surface area contributed by atoms with Gasteiger partial charge < -0.3 is 14.6 Å². The number of ether oxygens (including phenoxy) is 2. The number of carbonyl (C=O) groups is 1. The molecule has 0 amide bonds. The summed E-state index contributed by atoms with van der Waals surface area (Å²) in [6.07, 6.45) is 0. The molecule has 0 aromatic heterocycles. The maximum Gasteiger partial charge on any atom is 0.337 e. The Hall–Kier alpha value is -2.40. The van der Waals surface area contributed by atoms with Crippen LogP contribution in [0.1, 0.15) is 21.5 Å². The summed E-state index contributed by atoms with van der Waals surface area (Å²) < 4.78 is 23.4. The number of halogens is 1. The van der Waals surface area contributed by atoms with Crippen LogP contribution in [0.2, 0.25) is 0 Å². The average molecular weight is 290 g/mol. The zero-order chi connectivity index (χ0) is 15.2. The second kappa shape index (κ2) is 6.85. The summed E-state index contributed by atoms with van der Waals surface area (Å²) in [6, 6.07) is 10.8. The zero-order valence-electron chi connectivity index (χ0n) is 11.5. The Morgan fingerprint density at radius 2 is 1.86 bits per heavy atom. The van der Waals surface area contributed by atoms with Crippen LogP contribution in [-0.4, -0.2) is 18.2 Å². The van der Waals surface area contributed by atoms with Crippen LogP contribution >= 0.6 is 0 Å². The number of aliphatic hydroxyl groups is 1. The first-order chi connectivity index (χ1) is 10.1. The Labute approximate surface area is 121 Å². The predicted molar refractivity (Wildman–Crippen MR) is 74.4 cm³/mol. The molecular formula is C16H15FO4. The summed E-state index contributed by atoms with van der Waals surface area (Å²) >= 11 is 0.